The Morgan fingerprint density at radius 3 is 2.62 bits per heavy atom. The molecule has 0 saturated carbocycles. The molecule has 1 unspecified atom stereocenters. The number of aromatic amines is 1. The molecule has 212 valence electrons. The van der Waals surface area contributed by atoms with Crippen LogP contribution in [-0.2, 0) is 16.6 Å². The highest BCUT2D eigenvalue weighted by molar-refractivity contribution is 6.30. The number of aryl methyl sites for hydroxylation is 1. The molecular formula is C30H26ClN7O4. The van der Waals surface area contributed by atoms with Gasteiger partial charge < -0.3 is 20.3 Å². The van der Waals surface area contributed by atoms with E-state index in [4.69, 9.17) is 11.6 Å². The number of carboxylic acid groups (broad SMARTS) is 1. The summed E-state index contributed by atoms with van der Waals surface area (Å²) in [5, 5.41) is 17.5. The molecule has 0 spiro atoms. The number of rotatable bonds is 7. The SMILES string of the molecule is Cn1ncn1-c1ccc(Cl)cc1/C=C/C(=O)N1CC[C@H](c2ccncc2)C1C(=O)Nc1ccc2[nH]c(C(=O)O)cc2c1. The maximum Gasteiger partial charge on any atom is 0.352 e. The summed E-state index contributed by atoms with van der Waals surface area (Å²) in [7, 11) is 1.80. The van der Waals surface area contributed by atoms with E-state index in [-0.39, 0.29) is 23.4 Å². The number of fused-ring (bicyclic) bond motifs is 1. The smallest absolute Gasteiger partial charge is 0.352 e. The summed E-state index contributed by atoms with van der Waals surface area (Å²) >= 11 is 6.26. The summed E-state index contributed by atoms with van der Waals surface area (Å²) in [6, 6.07) is 14.9. The van der Waals surface area contributed by atoms with Crippen molar-refractivity contribution in [3.05, 3.63) is 101 Å². The van der Waals surface area contributed by atoms with Crippen LogP contribution in [0.4, 0.5) is 5.69 Å². The topological polar surface area (TPSA) is 138 Å². The van der Waals surface area contributed by atoms with Crippen LogP contribution in [0.2, 0.25) is 5.02 Å². The van der Waals surface area contributed by atoms with Gasteiger partial charge in [0.05, 0.1) is 5.69 Å². The number of amides is 2. The fraction of sp³-hybridized carbons (Fsp3) is 0.167. The highest BCUT2D eigenvalue weighted by Crippen LogP contribution is 2.35. The summed E-state index contributed by atoms with van der Waals surface area (Å²) in [5.74, 6) is -1.96. The Balaban J connectivity index is 1.28. The Hall–Kier alpha value is -5.16. The predicted molar refractivity (Wildman–Crippen MR) is 158 cm³/mol. The van der Waals surface area contributed by atoms with Crippen molar-refractivity contribution in [1.82, 2.24) is 29.4 Å². The fourth-order valence-electron chi connectivity index (χ4n) is 5.41. The van der Waals surface area contributed by atoms with Crippen molar-refractivity contribution in [2.75, 3.05) is 11.9 Å². The Morgan fingerprint density at radius 1 is 1.10 bits per heavy atom. The third kappa shape index (κ3) is 5.17. The summed E-state index contributed by atoms with van der Waals surface area (Å²) in [6.07, 6.45) is 8.75. The molecule has 0 radical (unpaired) electrons. The van der Waals surface area contributed by atoms with Gasteiger partial charge in [0.2, 0.25) is 11.8 Å². The summed E-state index contributed by atoms with van der Waals surface area (Å²) in [5.41, 5.74) is 3.63. The highest BCUT2D eigenvalue weighted by atomic mass is 35.5. The second-order valence-electron chi connectivity index (χ2n) is 10.0. The van der Waals surface area contributed by atoms with E-state index >= 15 is 0 Å². The molecule has 4 heterocycles. The van der Waals surface area contributed by atoms with Crippen LogP contribution in [0.5, 0.6) is 0 Å². The van der Waals surface area contributed by atoms with Crippen molar-refractivity contribution >= 4 is 52.1 Å². The van der Waals surface area contributed by atoms with Crippen molar-refractivity contribution in [2.24, 2.45) is 7.05 Å². The number of likely N-dealkylation sites (tertiary alicyclic amines) is 1. The molecular weight excluding hydrogens is 558 g/mol. The number of carbonyl (C=O) groups excluding carboxylic acids is 2. The van der Waals surface area contributed by atoms with Gasteiger partial charge in [-0.15, -0.1) is 5.10 Å². The number of hydrogen-bond acceptors (Lipinski definition) is 5. The fourth-order valence-corrected chi connectivity index (χ4v) is 5.59. The highest BCUT2D eigenvalue weighted by Gasteiger charge is 2.42. The number of hydrogen-bond donors (Lipinski definition) is 3. The lowest BCUT2D eigenvalue weighted by Gasteiger charge is -2.27. The first-order valence-electron chi connectivity index (χ1n) is 13.2. The van der Waals surface area contributed by atoms with Gasteiger partial charge in [0, 0.05) is 65.2 Å². The molecule has 0 bridgehead atoms. The number of aromatic carboxylic acids is 1. The molecule has 3 N–H and O–H groups in total. The zero-order valence-electron chi connectivity index (χ0n) is 22.4. The number of halogens is 1. The van der Waals surface area contributed by atoms with E-state index in [0.29, 0.717) is 34.6 Å². The number of carbonyl (C=O) groups is 3. The van der Waals surface area contributed by atoms with Crippen molar-refractivity contribution in [3.8, 4) is 5.69 Å². The molecule has 2 amide bonds. The van der Waals surface area contributed by atoms with E-state index in [1.165, 1.54) is 12.1 Å². The number of pyridine rings is 1. The minimum absolute atomic E-state index is 0.0569. The van der Waals surface area contributed by atoms with E-state index in [1.807, 2.05) is 22.9 Å². The molecule has 1 saturated heterocycles. The average Bonchev–Trinajstić information content (AvgIpc) is 3.62. The summed E-state index contributed by atoms with van der Waals surface area (Å²) in [6.45, 7) is 0.386. The number of nitrogens with zero attached hydrogens (tertiary/aromatic N) is 5. The molecule has 5 aromatic rings. The van der Waals surface area contributed by atoms with Gasteiger partial charge in [0.15, 0.2) is 0 Å². The van der Waals surface area contributed by atoms with Gasteiger partial charge in [-0.3, -0.25) is 14.6 Å². The van der Waals surface area contributed by atoms with Gasteiger partial charge in [-0.2, -0.15) is 0 Å². The average molecular weight is 584 g/mol. The Kier molecular flexibility index (Phi) is 7.09. The maximum absolute atomic E-state index is 13.8. The maximum atomic E-state index is 13.8. The predicted octanol–water partition coefficient (Wildman–Crippen LogP) is 4.48. The molecule has 1 aliphatic heterocycles. The normalized spacial score (nSPS) is 16.9. The number of nitrogens with one attached hydrogen (secondary N) is 2. The molecule has 42 heavy (non-hydrogen) atoms. The molecule has 11 nitrogen and oxygen atoms in total. The van der Waals surface area contributed by atoms with Crippen LogP contribution in [0.3, 0.4) is 0 Å². The molecule has 6 rings (SSSR count). The van der Waals surface area contributed by atoms with Gasteiger partial charge in [0.1, 0.15) is 18.1 Å². The van der Waals surface area contributed by atoms with Crippen LogP contribution in [-0.4, -0.2) is 64.9 Å². The number of carboxylic acids is 1. The molecule has 1 fully saturated rings. The van der Waals surface area contributed by atoms with Crippen LogP contribution in [0.1, 0.15) is 34.0 Å². The van der Waals surface area contributed by atoms with Gasteiger partial charge in [-0.25, -0.2) is 14.3 Å². The molecule has 12 heteroatoms. The van der Waals surface area contributed by atoms with Gasteiger partial charge in [-0.05, 0) is 72.7 Å². The second-order valence-corrected chi connectivity index (χ2v) is 10.5. The number of aromatic nitrogens is 5. The lowest BCUT2D eigenvalue weighted by molar-refractivity contribution is -0.133. The Bertz CT molecular complexity index is 1840. The zero-order chi connectivity index (χ0) is 29.4. The first-order valence-corrected chi connectivity index (χ1v) is 13.6. The zero-order valence-corrected chi connectivity index (χ0v) is 23.2. The van der Waals surface area contributed by atoms with Crippen LogP contribution in [0, 0.1) is 0 Å². The quantitative estimate of drug-likeness (QED) is 0.242. The number of anilines is 1. The standard InChI is InChI=1S/C30H26ClN7O4/c1-36-33-17-38(36)26-6-3-21(31)14-19(26)2-7-27(39)37-13-10-23(18-8-11-32-12-9-18)28(37)29(40)34-22-4-5-24-20(15-22)16-25(35-24)30(41)42/h2-9,11-12,14-17,23,28,35H,10,13H2,1H3,(H,34,40)(H,41,42)/b7-2+/t23-,28?/m1/s1. The van der Waals surface area contributed by atoms with Crippen LogP contribution < -0.4 is 5.32 Å². The van der Waals surface area contributed by atoms with Gasteiger partial charge in [0.25, 0.3) is 0 Å². The molecule has 1 aliphatic rings. The van der Waals surface area contributed by atoms with Crippen LogP contribution in [0.25, 0.3) is 22.7 Å². The van der Waals surface area contributed by atoms with E-state index in [1.54, 1.807) is 71.9 Å². The third-order valence-corrected chi connectivity index (χ3v) is 7.72. The largest absolute Gasteiger partial charge is 0.477 e. The Morgan fingerprint density at radius 2 is 1.90 bits per heavy atom. The van der Waals surface area contributed by atoms with E-state index < -0.39 is 12.0 Å². The Labute approximate surface area is 245 Å². The van der Waals surface area contributed by atoms with Crippen LogP contribution >= 0.6 is 11.6 Å². The first kappa shape index (κ1) is 27.0. The van der Waals surface area contributed by atoms with Crippen LogP contribution in [0.15, 0.2) is 79.4 Å². The second kappa shape index (κ2) is 11.0. The monoisotopic (exact) mass is 583 g/mol. The van der Waals surface area contributed by atoms with Crippen molar-refractivity contribution < 1.29 is 19.5 Å². The van der Waals surface area contributed by atoms with Crippen molar-refractivity contribution in [2.45, 2.75) is 18.4 Å². The molecule has 3 aromatic heterocycles. The molecule has 2 atom stereocenters. The minimum atomic E-state index is -1.07. The lowest BCUT2D eigenvalue weighted by atomic mass is 9.91. The summed E-state index contributed by atoms with van der Waals surface area (Å²) < 4.78 is 1.83. The first-order chi connectivity index (χ1) is 20.3. The summed E-state index contributed by atoms with van der Waals surface area (Å²) in [4.78, 5) is 49.0. The van der Waals surface area contributed by atoms with Crippen molar-refractivity contribution in [3.63, 3.8) is 0 Å². The van der Waals surface area contributed by atoms with E-state index in [2.05, 4.69) is 20.4 Å². The number of H-pyrrole nitrogens is 1. The lowest BCUT2D eigenvalue weighted by Crippen LogP contribution is -2.44. The minimum Gasteiger partial charge on any atom is -0.477 e. The van der Waals surface area contributed by atoms with Crippen molar-refractivity contribution in [1.29, 1.82) is 0 Å². The third-order valence-electron chi connectivity index (χ3n) is 7.48. The van der Waals surface area contributed by atoms with E-state index in [9.17, 15) is 19.5 Å². The van der Waals surface area contributed by atoms with Gasteiger partial charge >= 0.3 is 5.97 Å². The molecule has 2 aromatic carbocycles. The van der Waals surface area contributed by atoms with E-state index in [0.717, 1.165) is 16.8 Å². The number of benzene rings is 2. The van der Waals surface area contributed by atoms with Gasteiger partial charge in [-0.1, -0.05) is 11.6 Å². The molecule has 0 aliphatic carbocycles.